The molecule has 0 saturated heterocycles. The van der Waals surface area contributed by atoms with E-state index in [0.717, 1.165) is 29.9 Å². The van der Waals surface area contributed by atoms with Gasteiger partial charge in [0.05, 0.1) is 15.9 Å². The Labute approximate surface area is 189 Å². The van der Waals surface area contributed by atoms with E-state index in [-0.39, 0.29) is 17.2 Å². The van der Waals surface area contributed by atoms with Gasteiger partial charge in [-0.05, 0) is 43.2 Å². The summed E-state index contributed by atoms with van der Waals surface area (Å²) in [6.07, 6.45) is 3.25. The maximum Gasteiger partial charge on any atom is 0.243 e. The predicted octanol–water partition coefficient (Wildman–Crippen LogP) is 3.75. The fourth-order valence-electron chi connectivity index (χ4n) is 3.73. The summed E-state index contributed by atoms with van der Waals surface area (Å²) in [7, 11) is -3.56. The molecule has 0 aliphatic rings. The third-order valence-electron chi connectivity index (χ3n) is 5.43. The molecule has 3 aromatic rings. The van der Waals surface area contributed by atoms with E-state index in [9.17, 15) is 13.2 Å². The van der Waals surface area contributed by atoms with Gasteiger partial charge in [0.25, 0.3) is 0 Å². The first-order chi connectivity index (χ1) is 15.3. The van der Waals surface area contributed by atoms with Crippen molar-refractivity contribution in [1.29, 1.82) is 0 Å². The van der Waals surface area contributed by atoms with Crippen LogP contribution in [0, 0.1) is 6.92 Å². The molecule has 1 aromatic carbocycles. The Hall–Kier alpha value is -2.78. The highest BCUT2D eigenvalue weighted by atomic mass is 32.2. The van der Waals surface area contributed by atoms with Crippen molar-refractivity contribution >= 4 is 32.8 Å². The normalized spacial score (nSPS) is 11.9. The second-order valence-electron chi connectivity index (χ2n) is 7.64. The Kier molecular flexibility index (Phi) is 7.63. The molecule has 172 valence electrons. The predicted molar refractivity (Wildman–Crippen MR) is 126 cm³/mol. The number of anilines is 1. The number of aromatic nitrogens is 3. The van der Waals surface area contributed by atoms with Crippen molar-refractivity contribution < 1.29 is 13.2 Å². The number of aryl methyl sites for hydroxylation is 3. The minimum atomic E-state index is -3.56. The van der Waals surface area contributed by atoms with Gasteiger partial charge in [0.15, 0.2) is 0 Å². The second kappa shape index (κ2) is 10.2. The lowest BCUT2D eigenvalue weighted by atomic mass is 10.2. The van der Waals surface area contributed by atoms with Crippen LogP contribution in [0.15, 0.2) is 41.4 Å². The molecule has 3 rings (SSSR count). The summed E-state index contributed by atoms with van der Waals surface area (Å²) in [4.78, 5) is 21.6. The molecule has 1 amide bonds. The summed E-state index contributed by atoms with van der Waals surface area (Å²) in [5.74, 6) is 1.20. The second-order valence-corrected chi connectivity index (χ2v) is 9.57. The fourth-order valence-corrected chi connectivity index (χ4v) is 5.21. The SMILES string of the molecule is CCCn1c(CCC(=O)Nc2ncccc2C)nc2cc(S(=O)(=O)N(CC)CC)ccc21. The van der Waals surface area contributed by atoms with Crippen LogP contribution in [0.4, 0.5) is 5.82 Å². The van der Waals surface area contributed by atoms with Crippen LogP contribution < -0.4 is 5.32 Å². The fraction of sp³-hybridized carbons (Fsp3) is 0.435. The first-order valence-electron chi connectivity index (χ1n) is 11.0. The molecule has 1 N–H and O–H groups in total. The highest BCUT2D eigenvalue weighted by molar-refractivity contribution is 7.89. The molecule has 9 heteroatoms. The van der Waals surface area contributed by atoms with Crippen molar-refractivity contribution in [3.8, 4) is 0 Å². The number of sulfonamides is 1. The number of hydrogen-bond donors (Lipinski definition) is 1. The van der Waals surface area contributed by atoms with Crippen LogP contribution in [0.5, 0.6) is 0 Å². The molecule has 8 nitrogen and oxygen atoms in total. The Morgan fingerprint density at radius 3 is 2.56 bits per heavy atom. The summed E-state index contributed by atoms with van der Waals surface area (Å²) < 4.78 is 29.3. The molecular formula is C23H31N5O3S. The van der Waals surface area contributed by atoms with Crippen LogP contribution in [0.2, 0.25) is 0 Å². The summed E-state index contributed by atoms with van der Waals surface area (Å²) >= 11 is 0. The van der Waals surface area contributed by atoms with Gasteiger partial charge in [0.2, 0.25) is 15.9 Å². The Morgan fingerprint density at radius 2 is 1.91 bits per heavy atom. The number of rotatable bonds is 10. The van der Waals surface area contributed by atoms with Crippen molar-refractivity contribution in [3.05, 3.63) is 47.9 Å². The summed E-state index contributed by atoms with van der Waals surface area (Å²) in [5, 5.41) is 2.85. The third kappa shape index (κ3) is 4.99. The van der Waals surface area contributed by atoms with Crippen LogP contribution >= 0.6 is 0 Å². The molecule has 32 heavy (non-hydrogen) atoms. The Bertz CT molecular complexity index is 1200. The zero-order valence-corrected chi connectivity index (χ0v) is 19.9. The number of fused-ring (bicyclic) bond motifs is 1. The molecule has 0 unspecified atom stereocenters. The minimum absolute atomic E-state index is 0.133. The van der Waals surface area contributed by atoms with Crippen molar-refractivity contribution in [2.24, 2.45) is 0 Å². The maximum atomic E-state index is 12.9. The number of nitrogens with zero attached hydrogens (tertiary/aromatic N) is 4. The van der Waals surface area contributed by atoms with E-state index < -0.39 is 10.0 Å². The van der Waals surface area contributed by atoms with E-state index in [4.69, 9.17) is 4.98 Å². The average molecular weight is 458 g/mol. The van der Waals surface area contributed by atoms with Crippen LogP contribution in [0.3, 0.4) is 0 Å². The molecule has 2 aromatic heterocycles. The molecule has 0 fully saturated rings. The highest BCUT2D eigenvalue weighted by Crippen LogP contribution is 2.24. The summed E-state index contributed by atoms with van der Waals surface area (Å²) in [6.45, 7) is 9.19. The van der Waals surface area contributed by atoms with E-state index in [1.807, 2.05) is 39.0 Å². The number of hydrogen-bond acceptors (Lipinski definition) is 5. The number of carbonyl (C=O) groups excluding carboxylic acids is 1. The number of imidazole rings is 1. The van der Waals surface area contributed by atoms with Crippen molar-refractivity contribution in [2.75, 3.05) is 18.4 Å². The monoisotopic (exact) mass is 457 g/mol. The molecule has 0 aliphatic carbocycles. The van der Waals surface area contributed by atoms with Gasteiger partial charge in [-0.1, -0.05) is 26.8 Å². The maximum absolute atomic E-state index is 12.9. The van der Waals surface area contributed by atoms with Gasteiger partial charge in [-0.15, -0.1) is 0 Å². The van der Waals surface area contributed by atoms with Gasteiger partial charge >= 0.3 is 0 Å². The average Bonchev–Trinajstić information content (AvgIpc) is 3.11. The van der Waals surface area contributed by atoms with Crippen LogP contribution in [-0.4, -0.2) is 46.3 Å². The number of carbonyl (C=O) groups is 1. The molecule has 0 bridgehead atoms. The van der Waals surface area contributed by atoms with Crippen LogP contribution in [0.1, 0.15) is 45.0 Å². The molecule has 0 aliphatic heterocycles. The molecule has 0 spiro atoms. The van der Waals surface area contributed by atoms with Gasteiger partial charge in [-0.2, -0.15) is 4.31 Å². The van der Waals surface area contributed by atoms with Crippen LogP contribution in [0.25, 0.3) is 11.0 Å². The topological polar surface area (TPSA) is 97.2 Å². The van der Waals surface area contributed by atoms with Gasteiger partial charge in [0, 0.05) is 38.7 Å². The lowest BCUT2D eigenvalue weighted by Gasteiger charge is -2.18. The standard InChI is InChI=1S/C23H31N5O3S/c1-5-15-28-20-11-10-18(32(30,31)27(6-2)7-3)16-19(20)25-21(28)12-13-22(29)26-23-17(4)9-8-14-24-23/h8-11,14,16H,5-7,12-13,15H2,1-4H3,(H,24,26,29). The zero-order chi connectivity index (χ0) is 23.3. The molecular weight excluding hydrogens is 426 g/mol. The van der Waals surface area contributed by atoms with E-state index in [1.54, 1.807) is 18.3 Å². The number of pyridine rings is 1. The molecule has 0 saturated carbocycles. The number of nitrogens with one attached hydrogen (secondary N) is 1. The van der Waals surface area contributed by atoms with E-state index >= 15 is 0 Å². The zero-order valence-electron chi connectivity index (χ0n) is 19.1. The van der Waals surface area contributed by atoms with Crippen molar-refractivity contribution in [1.82, 2.24) is 18.8 Å². The first kappa shape index (κ1) is 23.9. The van der Waals surface area contributed by atoms with Gasteiger partial charge in [-0.25, -0.2) is 18.4 Å². The number of amides is 1. The highest BCUT2D eigenvalue weighted by Gasteiger charge is 2.23. The Balaban J connectivity index is 1.85. The van der Waals surface area contributed by atoms with Gasteiger partial charge in [0.1, 0.15) is 11.6 Å². The molecule has 0 radical (unpaired) electrons. The van der Waals surface area contributed by atoms with Crippen LogP contribution in [-0.2, 0) is 27.8 Å². The summed E-state index contributed by atoms with van der Waals surface area (Å²) in [6, 6.07) is 8.81. The molecule has 0 atom stereocenters. The van der Waals surface area contributed by atoms with E-state index in [1.165, 1.54) is 4.31 Å². The van der Waals surface area contributed by atoms with Gasteiger partial charge < -0.3 is 9.88 Å². The minimum Gasteiger partial charge on any atom is -0.328 e. The van der Waals surface area contributed by atoms with Gasteiger partial charge in [-0.3, -0.25) is 4.79 Å². The Morgan fingerprint density at radius 1 is 1.16 bits per heavy atom. The number of benzene rings is 1. The van der Waals surface area contributed by atoms with E-state index in [0.29, 0.717) is 30.8 Å². The quantitative estimate of drug-likeness (QED) is 0.500. The summed E-state index contributed by atoms with van der Waals surface area (Å²) in [5.41, 5.74) is 2.41. The van der Waals surface area contributed by atoms with Crippen molar-refractivity contribution in [3.63, 3.8) is 0 Å². The van der Waals surface area contributed by atoms with E-state index in [2.05, 4.69) is 21.8 Å². The lowest BCUT2D eigenvalue weighted by Crippen LogP contribution is -2.30. The van der Waals surface area contributed by atoms with Crippen molar-refractivity contribution in [2.45, 2.75) is 58.4 Å². The largest absolute Gasteiger partial charge is 0.328 e. The third-order valence-corrected chi connectivity index (χ3v) is 7.48. The lowest BCUT2D eigenvalue weighted by molar-refractivity contribution is -0.116. The smallest absolute Gasteiger partial charge is 0.243 e. The molecule has 2 heterocycles. The first-order valence-corrected chi connectivity index (χ1v) is 12.5.